The topological polar surface area (TPSA) is 46.9 Å². The van der Waals surface area contributed by atoms with E-state index in [0.717, 1.165) is 40.5 Å². The van der Waals surface area contributed by atoms with E-state index in [1.54, 1.807) is 18.3 Å². The first-order chi connectivity index (χ1) is 13.1. The number of thiophene rings is 1. The van der Waals surface area contributed by atoms with Gasteiger partial charge in [-0.3, -0.25) is 9.48 Å². The van der Waals surface area contributed by atoms with Gasteiger partial charge in [0.2, 0.25) is 0 Å². The summed E-state index contributed by atoms with van der Waals surface area (Å²) in [6, 6.07) is 12.6. The summed E-state index contributed by atoms with van der Waals surface area (Å²) in [6.45, 7) is 1.68. The minimum Gasteiger partial charge on any atom is -0.316 e. The van der Waals surface area contributed by atoms with Gasteiger partial charge in [-0.25, -0.2) is 4.39 Å². The third-order valence-electron chi connectivity index (χ3n) is 5.29. The molecular formula is C21H22FN3OS. The molecule has 1 aliphatic rings. The van der Waals surface area contributed by atoms with Crippen LogP contribution in [0.5, 0.6) is 0 Å². The molecule has 1 N–H and O–H groups in total. The van der Waals surface area contributed by atoms with Crippen molar-refractivity contribution in [2.45, 2.75) is 18.8 Å². The van der Waals surface area contributed by atoms with Crippen molar-refractivity contribution in [1.82, 2.24) is 15.1 Å². The predicted octanol–water partition coefficient (Wildman–Crippen LogP) is 4.25. The van der Waals surface area contributed by atoms with Crippen LogP contribution < -0.4 is 5.32 Å². The Morgan fingerprint density at radius 2 is 2.22 bits per heavy atom. The number of carbonyl (C=O) groups is 1. The quantitative estimate of drug-likeness (QED) is 0.670. The second kappa shape index (κ2) is 7.74. The number of halogens is 1. The Morgan fingerprint density at radius 3 is 3.00 bits per heavy atom. The summed E-state index contributed by atoms with van der Waals surface area (Å²) < 4.78 is 15.5. The molecule has 0 amide bonds. The number of rotatable bonds is 5. The summed E-state index contributed by atoms with van der Waals surface area (Å²) in [4.78, 5) is 14.7. The highest BCUT2D eigenvalue weighted by Gasteiger charge is 2.29. The van der Waals surface area contributed by atoms with Gasteiger partial charge in [0.15, 0.2) is 5.78 Å². The predicted molar refractivity (Wildman–Crippen MR) is 106 cm³/mol. The summed E-state index contributed by atoms with van der Waals surface area (Å²) in [5.74, 6) is 0.330. The third-order valence-corrected chi connectivity index (χ3v) is 6.44. The van der Waals surface area contributed by atoms with Crippen LogP contribution in [0.15, 0.2) is 48.7 Å². The summed E-state index contributed by atoms with van der Waals surface area (Å²) in [6.07, 6.45) is 3.15. The molecule has 0 saturated carbocycles. The lowest BCUT2D eigenvalue weighted by Gasteiger charge is -2.32. The van der Waals surface area contributed by atoms with E-state index < -0.39 is 0 Å². The number of nitrogens with one attached hydrogen (secondary N) is 1. The van der Waals surface area contributed by atoms with Gasteiger partial charge in [-0.05, 0) is 67.2 Å². The molecule has 0 bridgehead atoms. The summed E-state index contributed by atoms with van der Waals surface area (Å²) in [7, 11) is 1.90. The van der Waals surface area contributed by atoms with Gasteiger partial charge in [0.25, 0.3) is 0 Å². The Hall–Kier alpha value is -2.31. The lowest BCUT2D eigenvalue weighted by atomic mass is 9.78. The molecular weight excluding hydrogens is 361 g/mol. The molecule has 4 rings (SSSR count). The number of hydrogen-bond donors (Lipinski definition) is 1. The van der Waals surface area contributed by atoms with Crippen LogP contribution >= 0.6 is 11.3 Å². The van der Waals surface area contributed by atoms with Crippen LogP contribution in [-0.2, 0) is 7.05 Å². The van der Waals surface area contributed by atoms with Crippen LogP contribution in [-0.4, -0.2) is 28.7 Å². The zero-order valence-corrected chi connectivity index (χ0v) is 16.0. The summed E-state index contributed by atoms with van der Waals surface area (Å²) in [5, 5.41) is 7.58. The minimum atomic E-state index is -0.213. The molecule has 1 aliphatic heterocycles. The van der Waals surface area contributed by atoms with E-state index in [0.29, 0.717) is 6.42 Å². The van der Waals surface area contributed by atoms with E-state index in [2.05, 4.69) is 10.4 Å². The van der Waals surface area contributed by atoms with Crippen LogP contribution in [0.25, 0.3) is 10.6 Å². The van der Waals surface area contributed by atoms with E-state index in [4.69, 9.17) is 0 Å². The molecule has 2 aromatic heterocycles. The number of hydrogen-bond acceptors (Lipinski definition) is 4. The third kappa shape index (κ3) is 3.87. The molecule has 1 aromatic carbocycles. The number of benzene rings is 1. The number of piperidine rings is 1. The molecule has 3 aromatic rings. The SMILES string of the molecule is Cn1nccc1-c1ccc(C(=O)C[C@@H]2CNCC[C@H]2c2cccc(F)c2)s1. The van der Waals surface area contributed by atoms with Gasteiger partial charge in [0.05, 0.1) is 15.4 Å². The van der Waals surface area contributed by atoms with Gasteiger partial charge >= 0.3 is 0 Å². The van der Waals surface area contributed by atoms with Gasteiger partial charge in [0, 0.05) is 19.7 Å². The van der Waals surface area contributed by atoms with Crippen LogP contribution in [0.1, 0.15) is 34.0 Å². The largest absolute Gasteiger partial charge is 0.316 e. The van der Waals surface area contributed by atoms with Crippen molar-refractivity contribution in [3.05, 3.63) is 64.9 Å². The lowest BCUT2D eigenvalue weighted by molar-refractivity contribution is 0.0950. The molecule has 4 nitrogen and oxygen atoms in total. The summed E-state index contributed by atoms with van der Waals surface area (Å²) >= 11 is 1.51. The van der Waals surface area contributed by atoms with Crippen LogP contribution in [0.3, 0.4) is 0 Å². The maximum absolute atomic E-state index is 13.7. The summed E-state index contributed by atoms with van der Waals surface area (Å²) in [5.41, 5.74) is 2.01. The molecule has 0 aliphatic carbocycles. The molecule has 6 heteroatoms. The number of Topliss-reactive ketones (excluding diaryl/α,β-unsaturated/α-hetero) is 1. The van der Waals surface area contributed by atoms with Crippen LogP contribution in [0.2, 0.25) is 0 Å². The highest BCUT2D eigenvalue weighted by Crippen LogP contribution is 2.35. The fourth-order valence-electron chi connectivity index (χ4n) is 3.89. The Balaban J connectivity index is 1.51. The van der Waals surface area contributed by atoms with Crippen LogP contribution in [0, 0.1) is 11.7 Å². The van der Waals surface area contributed by atoms with Crippen molar-refractivity contribution < 1.29 is 9.18 Å². The Labute approximate surface area is 162 Å². The first kappa shape index (κ1) is 18.1. The van der Waals surface area contributed by atoms with Crippen molar-refractivity contribution in [3.63, 3.8) is 0 Å². The van der Waals surface area contributed by atoms with Crippen molar-refractivity contribution in [3.8, 4) is 10.6 Å². The molecule has 0 unspecified atom stereocenters. The van der Waals surface area contributed by atoms with Crippen molar-refractivity contribution in [1.29, 1.82) is 0 Å². The van der Waals surface area contributed by atoms with Gasteiger partial charge in [-0.15, -0.1) is 11.3 Å². The van der Waals surface area contributed by atoms with Gasteiger partial charge < -0.3 is 5.32 Å². The van der Waals surface area contributed by atoms with E-state index in [1.807, 2.05) is 36.0 Å². The van der Waals surface area contributed by atoms with E-state index in [1.165, 1.54) is 17.4 Å². The number of ketones is 1. The number of carbonyl (C=O) groups excluding carboxylic acids is 1. The van der Waals surface area contributed by atoms with Gasteiger partial charge in [-0.2, -0.15) is 5.10 Å². The lowest BCUT2D eigenvalue weighted by Crippen LogP contribution is -2.36. The smallest absolute Gasteiger partial charge is 0.173 e. The Morgan fingerprint density at radius 1 is 1.33 bits per heavy atom. The standard InChI is InChI=1S/C21H22FN3OS/c1-25-18(8-10-24-25)20-5-6-21(27-20)19(26)12-15-13-23-9-7-17(15)14-3-2-4-16(22)11-14/h2-6,8,10-11,15,17,23H,7,9,12-13H2,1H3/t15-,17+/m1/s1. The van der Waals surface area contributed by atoms with Crippen LogP contribution in [0.4, 0.5) is 4.39 Å². The van der Waals surface area contributed by atoms with Crippen molar-refractivity contribution in [2.24, 2.45) is 13.0 Å². The maximum atomic E-state index is 13.7. The molecule has 0 radical (unpaired) electrons. The zero-order valence-electron chi connectivity index (χ0n) is 15.2. The minimum absolute atomic E-state index is 0.156. The van der Waals surface area contributed by atoms with E-state index in [9.17, 15) is 9.18 Å². The average molecular weight is 383 g/mol. The maximum Gasteiger partial charge on any atom is 0.173 e. The number of aromatic nitrogens is 2. The first-order valence-corrected chi connectivity index (χ1v) is 10.0. The fraction of sp³-hybridized carbons (Fsp3) is 0.333. The molecule has 140 valence electrons. The van der Waals surface area contributed by atoms with Gasteiger partial charge in [-0.1, -0.05) is 12.1 Å². The average Bonchev–Trinajstić information content (AvgIpc) is 3.31. The normalized spacial score (nSPS) is 19.9. The van der Waals surface area contributed by atoms with Gasteiger partial charge in [0.1, 0.15) is 5.82 Å². The fourth-order valence-corrected chi connectivity index (χ4v) is 4.90. The Bertz CT molecular complexity index is 948. The number of aryl methyl sites for hydroxylation is 1. The van der Waals surface area contributed by atoms with Crippen molar-refractivity contribution >= 4 is 17.1 Å². The molecule has 1 fully saturated rings. The van der Waals surface area contributed by atoms with E-state index in [-0.39, 0.29) is 23.4 Å². The molecule has 0 spiro atoms. The zero-order chi connectivity index (χ0) is 18.8. The molecule has 27 heavy (non-hydrogen) atoms. The highest BCUT2D eigenvalue weighted by atomic mass is 32.1. The monoisotopic (exact) mass is 383 g/mol. The second-order valence-corrected chi connectivity index (χ2v) is 8.13. The molecule has 3 heterocycles. The molecule has 2 atom stereocenters. The Kier molecular flexibility index (Phi) is 5.18. The molecule has 1 saturated heterocycles. The highest BCUT2D eigenvalue weighted by molar-refractivity contribution is 7.17. The first-order valence-electron chi connectivity index (χ1n) is 9.19. The van der Waals surface area contributed by atoms with Crippen molar-refractivity contribution in [2.75, 3.05) is 13.1 Å². The second-order valence-electron chi connectivity index (χ2n) is 7.05. The number of nitrogens with zero attached hydrogens (tertiary/aromatic N) is 2. The van der Waals surface area contributed by atoms with E-state index >= 15 is 0 Å².